The van der Waals surface area contributed by atoms with Gasteiger partial charge in [0.1, 0.15) is 6.29 Å². The number of hydrogen-bond acceptors (Lipinski definition) is 5. The first-order valence-corrected chi connectivity index (χ1v) is 7.31. The zero-order valence-corrected chi connectivity index (χ0v) is 11.9. The van der Waals surface area contributed by atoms with Gasteiger partial charge < -0.3 is 20.0 Å². The Morgan fingerprint density at radius 2 is 2.33 bits per heavy atom. The van der Waals surface area contributed by atoms with E-state index in [2.05, 4.69) is 5.32 Å². The molecule has 1 amide bonds. The molecule has 1 aliphatic carbocycles. The van der Waals surface area contributed by atoms with Gasteiger partial charge in [0, 0.05) is 12.3 Å². The van der Waals surface area contributed by atoms with E-state index >= 15 is 0 Å². The van der Waals surface area contributed by atoms with Crippen molar-refractivity contribution in [3.8, 4) is 0 Å². The molecule has 0 radical (unpaired) electrons. The number of nitrogens with one attached hydrogen (secondary N) is 1. The Hall–Kier alpha value is -1.69. The van der Waals surface area contributed by atoms with Crippen molar-refractivity contribution in [2.75, 3.05) is 0 Å². The molecular weight excluding hydrogens is 274 g/mol. The minimum atomic E-state index is -1.43. The van der Waals surface area contributed by atoms with E-state index in [1.165, 1.54) is 0 Å². The Morgan fingerprint density at radius 1 is 1.57 bits per heavy atom. The van der Waals surface area contributed by atoms with Crippen LogP contribution in [-0.4, -0.2) is 40.5 Å². The van der Waals surface area contributed by atoms with Crippen LogP contribution in [-0.2, 0) is 19.1 Å². The first-order chi connectivity index (χ1) is 9.97. The Kier molecular flexibility index (Phi) is 3.16. The van der Waals surface area contributed by atoms with Crippen LogP contribution < -0.4 is 5.32 Å². The van der Waals surface area contributed by atoms with E-state index in [1.807, 2.05) is 12.2 Å². The zero-order chi connectivity index (χ0) is 15.3. The van der Waals surface area contributed by atoms with Crippen molar-refractivity contribution in [1.29, 1.82) is 0 Å². The number of carbonyl (C=O) groups is 3. The van der Waals surface area contributed by atoms with Gasteiger partial charge in [-0.05, 0) is 26.2 Å². The maximum Gasteiger partial charge on any atom is 0.339 e. The minimum absolute atomic E-state index is 0.0232. The van der Waals surface area contributed by atoms with E-state index in [1.54, 1.807) is 6.92 Å². The van der Waals surface area contributed by atoms with Crippen molar-refractivity contribution in [3.63, 3.8) is 0 Å². The molecule has 3 aliphatic rings. The summed E-state index contributed by atoms with van der Waals surface area (Å²) in [5, 5.41) is 13.4. The molecule has 0 spiro atoms. The predicted octanol–water partition coefficient (Wildman–Crippen LogP) is 0.0929. The summed E-state index contributed by atoms with van der Waals surface area (Å²) in [6.07, 6.45) is 6.11. The van der Waals surface area contributed by atoms with E-state index in [0.29, 0.717) is 6.29 Å². The quantitative estimate of drug-likeness (QED) is 0.435. The largest absolute Gasteiger partial charge is 0.453 e. The number of aliphatic hydroxyl groups is 1. The fourth-order valence-electron chi connectivity index (χ4n) is 3.90. The van der Waals surface area contributed by atoms with Crippen molar-refractivity contribution in [2.45, 2.75) is 49.9 Å². The maximum absolute atomic E-state index is 12.1. The lowest BCUT2D eigenvalue weighted by molar-refractivity contribution is -0.238. The van der Waals surface area contributed by atoms with Crippen LogP contribution in [0.4, 0.5) is 0 Å². The topological polar surface area (TPSA) is 92.7 Å². The van der Waals surface area contributed by atoms with Crippen LogP contribution in [0.25, 0.3) is 0 Å². The summed E-state index contributed by atoms with van der Waals surface area (Å²) in [4.78, 5) is 35.0. The van der Waals surface area contributed by atoms with Gasteiger partial charge in [0.25, 0.3) is 0 Å². The molecule has 0 aromatic heterocycles. The van der Waals surface area contributed by atoms with Crippen LogP contribution >= 0.6 is 0 Å². The standard InChI is InChI=1S/C15H19NO5/c1-14-10(7-8-17)12(19)16-15(14,13(20)21-14)11(18)9-5-3-2-4-6-9/h3,5,8-11,18H,2,4,6-7H2,1H3,(H,16,19)/t9-,10+,11+,14+,15+/m1/s1. The van der Waals surface area contributed by atoms with Gasteiger partial charge in [-0.3, -0.25) is 4.79 Å². The van der Waals surface area contributed by atoms with Gasteiger partial charge in [-0.25, -0.2) is 4.79 Å². The third-order valence-electron chi connectivity index (χ3n) is 5.18. The molecule has 114 valence electrons. The molecule has 3 rings (SSSR count). The molecule has 2 saturated heterocycles. The van der Waals surface area contributed by atoms with Crippen LogP contribution in [0.5, 0.6) is 0 Å². The molecule has 5 atom stereocenters. The van der Waals surface area contributed by atoms with Crippen molar-refractivity contribution in [1.82, 2.24) is 5.32 Å². The smallest absolute Gasteiger partial charge is 0.339 e. The highest BCUT2D eigenvalue weighted by atomic mass is 16.6. The first kappa shape index (κ1) is 14.3. The van der Waals surface area contributed by atoms with Gasteiger partial charge in [-0.1, -0.05) is 12.2 Å². The summed E-state index contributed by atoms with van der Waals surface area (Å²) in [6, 6.07) is 0. The number of esters is 1. The van der Waals surface area contributed by atoms with Crippen LogP contribution in [0.3, 0.4) is 0 Å². The van der Waals surface area contributed by atoms with Crippen LogP contribution in [0, 0.1) is 11.8 Å². The van der Waals surface area contributed by atoms with E-state index in [0.717, 1.165) is 19.3 Å². The monoisotopic (exact) mass is 293 g/mol. The number of hydrogen-bond donors (Lipinski definition) is 2. The van der Waals surface area contributed by atoms with Gasteiger partial charge >= 0.3 is 5.97 Å². The molecular formula is C15H19NO5. The number of carbonyl (C=O) groups excluding carboxylic acids is 3. The highest BCUT2D eigenvalue weighted by molar-refractivity contribution is 6.02. The molecule has 0 unspecified atom stereocenters. The van der Waals surface area contributed by atoms with Crippen molar-refractivity contribution >= 4 is 18.2 Å². The normalized spacial score (nSPS) is 42.6. The average Bonchev–Trinajstić information content (AvgIpc) is 2.65. The second-order valence-corrected chi connectivity index (χ2v) is 6.22. The SMILES string of the molecule is C[C@@]12OC(=O)[C@]1([C@@H](O)[C@@H]1C=CCCC1)NC(=O)[C@@H]2CC=O. The lowest BCUT2D eigenvalue weighted by atomic mass is 9.64. The highest BCUT2D eigenvalue weighted by Crippen LogP contribution is 2.53. The fourth-order valence-corrected chi connectivity index (χ4v) is 3.90. The molecule has 0 aromatic carbocycles. The second kappa shape index (κ2) is 4.66. The molecule has 2 N–H and O–H groups in total. The van der Waals surface area contributed by atoms with E-state index < -0.39 is 35.0 Å². The summed E-state index contributed by atoms with van der Waals surface area (Å²) in [6.45, 7) is 1.62. The number of rotatable bonds is 4. The third-order valence-corrected chi connectivity index (χ3v) is 5.18. The Labute approximate surface area is 122 Å². The van der Waals surface area contributed by atoms with Gasteiger partial charge in [0.05, 0.1) is 12.0 Å². The molecule has 0 aromatic rings. The molecule has 0 saturated carbocycles. The molecule has 2 fully saturated rings. The molecule has 0 bridgehead atoms. The first-order valence-electron chi connectivity index (χ1n) is 7.31. The Bertz CT molecular complexity index is 530. The Balaban J connectivity index is 1.96. The highest BCUT2D eigenvalue weighted by Gasteiger charge is 2.79. The molecule has 6 heteroatoms. The van der Waals surface area contributed by atoms with E-state index in [4.69, 9.17) is 4.74 Å². The van der Waals surface area contributed by atoms with Gasteiger partial charge in [-0.15, -0.1) is 0 Å². The van der Waals surface area contributed by atoms with Gasteiger partial charge in [-0.2, -0.15) is 0 Å². The number of allylic oxidation sites excluding steroid dienone is 1. The predicted molar refractivity (Wildman–Crippen MR) is 72.0 cm³/mol. The molecule has 2 aliphatic heterocycles. The van der Waals surface area contributed by atoms with Crippen molar-refractivity contribution in [2.24, 2.45) is 11.8 Å². The molecule has 2 heterocycles. The van der Waals surface area contributed by atoms with Crippen LogP contribution in [0.2, 0.25) is 0 Å². The summed E-state index contributed by atoms with van der Waals surface area (Å²) in [7, 11) is 0. The summed E-state index contributed by atoms with van der Waals surface area (Å²) < 4.78 is 5.24. The maximum atomic E-state index is 12.1. The lowest BCUT2D eigenvalue weighted by Gasteiger charge is -2.54. The van der Waals surface area contributed by atoms with Crippen molar-refractivity contribution < 1.29 is 24.2 Å². The molecule has 6 nitrogen and oxygen atoms in total. The zero-order valence-electron chi connectivity index (χ0n) is 11.9. The van der Waals surface area contributed by atoms with Crippen molar-refractivity contribution in [3.05, 3.63) is 12.2 Å². The summed E-state index contributed by atoms with van der Waals surface area (Å²) >= 11 is 0. The van der Waals surface area contributed by atoms with Gasteiger partial charge in [0.15, 0.2) is 5.60 Å². The number of ether oxygens (including phenoxy) is 1. The van der Waals surface area contributed by atoms with E-state index in [9.17, 15) is 19.5 Å². The lowest BCUT2D eigenvalue weighted by Crippen LogP contribution is -2.80. The third kappa shape index (κ3) is 1.65. The van der Waals surface area contributed by atoms with E-state index in [-0.39, 0.29) is 12.3 Å². The van der Waals surface area contributed by atoms with Crippen LogP contribution in [0.1, 0.15) is 32.6 Å². The summed E-state index contributed by atoms with van der Waals surface area (Å²) in [5.41, 5.74) is -2.59. The number of aldehydes is 1. The van der Waals surface area contributed by atoms with Crippen LogP contribution in [0.15, 0.2) is 12.2 Å². The van der Waals surface area contributed by atoms with Gasteiger partial charge in [0.2, 0.25) is 11.4 Å². The Morgan fingerprint density at radius 3 is 2.90 bits per heavy atom. The number of fused-ring (bicyclic) bond motifs is 1. The average molecular weight is 293 g/mol. The number of amides is 1. The number of aliphatic hydroxyl groups excluding tert-OH is 1. The molecule has 21 heavy (non-hydrogen) atoms. The minimum Gasteiger partial charge on any atom is -0.453 e. The fraction of sp³-hybridized carbons (Fsp3) is 0.667. The summed E-state index contributed by atoms with van der Waals surface area (Å²) in [5.74, 6) is -1.95. The second-order valence-electron chi connectivity index (χ2n) is 6.22.